The summed E-state index contributed by atoms with van der Waals surface area (Å²) in [5.41, 5.74) is 2.10. The van der Waals surface area contributed by atoms with E-state index in [9.17, 15) is 13.6 Å². The summed E-state index contributed by atoms with van der Waals surface area (Å²) in [6.07, 6.45) is 8.13. The highest BCUT2D eigenvalue weighted by Crippen LogP contribution is 2.36. The van der Waals surface area contributed by atoms with Crippen LogP contribution < -0.4 is 4.74 Å². The number of hydrogen-bond donors (Lipinski definition) is 0. The summed E-state index contributed by atoms with van der Waals surface area (Å²) in [4.78, 5) is 20.9. The standard InChI is InChI=1S/C29H40F2N2O2S/c1-28(2,23-7-5-4-6-8-23)18-24(34)17-22-11-9-21(10-12-22)13-15-33-16-14-26-25(19-33)32-27(36-26)35-20-29(3,30)31/h4-8,21-22H,9-20H2,1-3H3. The van der Waals surface area contributed by atoms with Gasteiger partial charge in [-0.1, -0.05) is 68.4 Å². The fraction of sp³-hybridized carbons (Fsp3) is 0.655. The van der Waals surface area contributed by atoms with Crippen LogP contribution in [0.15, 0.2) is 30.3 Å². The van der Waals surface area contributed by atoms with E-state index < -0.39 is 12.5 Å². The maximum atomic E-state index is 13.1. The number of thiazole rings is 1. The van der Waals surface area contributed by atoms with Crippen LogP contribution in [0.1, 0.15) is 81.9 Å². The summed E-state index contributed by atoms with van der Waals surface area (Å²) >= 11 is 1.41. The van der Waals surface area contributed by atoms with Crippen molar-refractivity contribution in [3.8, 4) is 5.19 Å². The second-order valence-electron chi connectivity index (χ2n) is 11.6. The zero-order valence-corrected chi connectivity index (χ0v) is 22.7. The minimum atomic E-state index is -2.84. The van der Waals surface area contributed by atoms with Crippen LogP contribution in [-0.2, 0) is 23.2 Å². The lowest BCUT2D eigenvalue weighted by atomic mass is 9.75. The lowest BCUT2D eigenvalue weighted by molar-refractivity contribution is -0.121. The average Bonchev–Trinajstić information content (AvgIpc) is 3.24. The first kappa shape index (κ1) is 27.2. The monoisotopic (exact) mass is 518 g/mol. The van der Waals surface area contributed by atoms with E-state index in [1.165, 1.54) is 41.0 Å². The molecule has 4 nitrogen and oxygen atoms in total. The number of hydrogen-bond acceptors (Lipinski definition) is 5. The van der Waals surface area contributed by atoms with Crippen molar-refractivity contribution in [2.24, 2.45) is 11.8 Å². The molecule has 0 amide bonds. The Labute approximate surface area is 218 Å². The first-order valence-electron chi connectivity index (χ1n) is 13.4. The minimum absolute atomic E-state index is 0.116. The summed E-state index contributed by atoms with van der Waals surface area (Å²) < 4.78 is 31.4. The van der Waals surface area contributed by atoms with Crippen molar-refractivity contribution < 1.29 is 18.3 Å². The van der Waals surface area contributed by atoms with E-state index in [1.54, 1.807) is 0 Å². The SMILES string of the molecule is CC(F)(F)COc1nc2c(s1)CCN(CCC1CCC(CC(=O)CC(C)(C)c3ccccc3)CC1)C2. The normalized spacial score (nSPS) is 21.2. The summed E-state index contributed by atoms with van der Waals surface area (Å²) in [7, 11) is 0. The summed E-state index contributed by atoms with van der Waals surface area (Å²) in [5, 5.41) is 0.364. The van der Waals surface area contributed by atoms with Gasteiger partial charge in [-0.25, -0.2) is 13.8 Å². The lowest BCUT2D eigenvalue weighted by Gasteiger charge is -2.32. The Morgan fingerprint density at radius 2 is 1.81 bits per heavy atom. The van der Waals surface area contributed by atoms with E-state index in [-0.39, 0.29) is 5.41 Å². The Balaban J connectivity index is 1.16. The van der Waals surface area contributed by atoms with Gasteiger partial charge in [-0.05, 0) is 55.0 Å². The highest BCUT2D eigenvalue weighted by Gasteiger charge is 2.29. The Morgan fingerprint density at radius 1 is 1.11 bits per heavy atom. The molecule has 4 rings (SSSR count). The Morgan fingerprint density at radius 3 is 2.50 bits per heavy atom. The molecule has 0 saturated heterocycles. The summed E-state index contributed by atoms with van der Waals surface area (Å²) in [6, 6.07) is 10.4. The molecule has 1 aliphatic carbocycles. The van der Waals surface area contributed by atoms with E-state index in [0.29, 0.717) is 23.3 Å². The molecular weight excluding hydrogens is 478 g/mol. The smallest absolute Gasteiger partial charge is 0.278 e. The molecular formula is C29H40F2N2O2S. The Hall–Kier alpha value is -1.86. The molecule has 1 aromatic carbocycles. The van der Waals surface area contributed by atoms with E-state index in [2.05, 4.69) is 35.9 Å². The summed E-state index contributed by atoms with van der Waals surface area (Å²) in [6.45, 7) is 7.38. The van der Waals surface area contributed by atoms with Crippen LogP contribution >= 0.6 is 11.3 Å². The van der Waals surface area contributed by atoms with Crippen molar-refractivity contribution in [3.63, 3.8) is 0 Å². The van der Waals surface area contributed by atoms with Gasteiger partial charge in [0.15, 0.2) is 6.61 Å². The lowest BCUT2D eigenvalue weighted by Crippen LogP contribution is -2.32. The molecule has 1 fully saturated rings. The third kappa shape index (κ3) is 7.82. The average molecular weight is 519 g/mol. The highest BCUT2D eigenvalue weighted by molar-refractivity contribution is 7.13. The quantitative estimate of drug-likeness (QED) is 0.319. The molecule has 0 N–H and O–H groups in total. The first-order valence-corrected chi connectivity index (χ1v) is 14.2. The van der Waals surface area contributed by atoms with E-state index >= 15 is 0 Å². The van der Waals surface area contributed by atoms with Crippen molar-refractivity contribution in [2.75, 3.05) is 19.7 Å². The number of nitrogens with zero attached hydrogens (tertiary/aromatic N) is 2. The van der Waals surface area contributed by atoms with Gasteiger partial charge in [0.05, 0.1) is 5.69 Å². The third-order valence-corrected chi connectivity index (χ3v) is 8.84. The molecule has 0 atom stereocenters. The third-order valence-electron chi connectivity index (χ3n) is 7.77. The Kier molecular flexibility index (Phi) is 8.82. The number of halogens is 2. The van der Waals surface area contributed by atoms with Gasteiger partial charge < -0.3 is 4.74 Å². The molecule has 0 spiro atoms. The van der Waals surface area contributed by atoms with Gasteiger partial charge in [0, 0.05) is 37.7 Å². The number of rotatable bonds is 11. The predicted molar refractivity (Wildman–Crippen MR) is 141 cm³/mol. The molecule has 7 heteroatoms. The van der Waals surface area contributed by atoms with Crippen LogP contribution in [0.25, 0.3) is 0 Å². The Bertz CT molecular complexity index is 994. The number of ether oxygens (including phenoxy) is 1. The second kappa shape index (κ2) is 11.7. The molecule has 2 aliphatic rings. The fourth-order valence-electron chi connectivity index (χ4n) is 5.64. The van der Waals surface area contributed by atoms with Crippen molar-refractivity contribution in [1.82, 2.24) is 9.88 Å². The molecule has 2 aromatic rings. The number of alkyl halides is 2. The number of carbonyl (C=O) groups is 1. The molecule has 1 saturated carbocycles. The van der Waals surface area contributed by atoms with Crippen LogP contribution in [0, 0.1) is 11.8 Å². The molecule has 0 bridgehead atoms. The van der Waals surface area contributed by atoms with Crippen molar-refractivity contribution in [2.45, 2.75) is 90.0 Å². The zero-order chi connectivity index (χ0) is 25.8. The van der Waals surface area contributed by atoms with Gasteiger partial charge in [-0.3, -0.25) is 9.69 Å². The number of ketones is 1. The van der Waals surface area contributed by atoms with E-state index in [0.717, 1.165) is 63.9 Å². The number of fused-ring (bicyclic) bond motifs is 1. The van der Waals surface area contributed by atoms with Gasteiger partial charge >= 0.3 is 0 Å². The number of benzene rings is 1. The molecule has 0 radical (unpaired) electrons. The molecule has 1 aromatic heterocycles. The van der Waals surface area contributed by atoms with Crippen LogP contribution in [0.5, 0.6) is 5.19 Å². The second-order valence-corrected chi connectivity index (χ2v) is 12.6. The first-order chi connectivity index (χ1) is 17.1. The topological polar surface area (TPSA) is 42.4 Å². The predicted octanol–water partition coefficient (Wildman–Crippen LogP) is 7.06. The van der Waals surface area contributed by atoms with Gasteiger partial charge in [-0.2, -0.15) is 0 Å². The molecule has 2 heterocycles. The summed E-state index contributed by atoms with van der Waals surface area (Å²) in [5.74, 6) is -1.20. The maximum absolute atomic E-state index is 13.1. The zero-order valence-electron chi connectivity index (χ0n) is 21.9. The van der Waals surface area contributed by atoms with Crippen molar-refractivity contribution >= 4 is 17.1 Å². The fourth-order valence-corrected chi connectivity index (χ4v) is 6.54. The van der Waals surface area contributed by atoms with Gasteiger partial charge in [-0.15, -0.1) is 0 Å². The van der Waals surface area contributed by atoms with Crippen molar-refractivity contribution in [3.05, 3.63) is 46.5 Å². The van der Waals surface area contributed by atoms with E-state index in [4.69, 9.17) is 4.74 Å². The number of carbonyl (C=O) groups excluding carboxylic acids is 1. The number of Topliss-reactive ketones (excluding diaryl/α,β-unsaturated/α-hetero) is 1. The van der Waals surface area contributed by atoms with Gasteiger partial charge in [0.2, 0.25) is 0 Å². The van der Waals surface area contributed by atoms with Crippen LogP contribution in [0.2, 0.25) is 0 Å². The van der Waals surface area contributed by atoms with E-state index in [1.807, 2.05) is 18.2 Å². The minimum Gasteiger partial charge on any atom is -0.464 e. The van der Waals surface area contributed by atoms with Crippen LogP contribution in [0.3, 0.4) is 0 Å². The molecule has 1 aliphatic heterocycles. The van der Waals surface area contributed by atoms with Crippen LogP contribution in [-0.4, -0.2) is 41.3 Å². The van der Waals surface area contributed by atoms with Gasteiger partial charge in [0.1, 0.15) is 5.78 Å². The van der Waals surface area contributed by atoms with Crippen LogP contribution in [0.4, 0.5) is 8.78 Å². The largest absolute Gasteiger partial charge is 0.464 e. The molecule has 0 unspecified atom stereocenters. The van der Waals surface area contributed by atoms with Crippen molar-refractivity contribution in [1.29, 1.82) is 0 Å². The van der Waals surface area contributed by atoms with Gasteiger partial charge in [0.25, 0.3) is 11.1 Å². The maximum Gasteiger partial charge on any atom is 0.278 e. The highest BCUT2D eigenvalue weighted by atomic mass is 32.1. The number of aromatic nitrogens is 1. The molecule has 198 valence electrons. The molecule has 36 heavy (non-hydrogen) atoms.